The van der Waals surface area contributed by atoms with Crippen LogP contribution in [-0.4, -0.2) is 21.2 Å². The highest BCUT2D eigenvalue weighted by Gasteiger charge is 2.17. The number of carbonyl (C=O) groups excluding carboxylic acids is 2. The number of hydrogen-bond donors (Lipinski definition) is 2. The molecule has 0 atom stereocenters. The molecule has 0 aromatic carbocycles. The van der Waals surface area contributed by atoms with E-state index in [1.54, 1.807) is 10.6 Å². The highest BCUT2D eigenvalue weighted by Crippen LogP contribution is 2.23. The van der Waals surface area contributed by atoms with Crippen LogP contribution in [0.3, 0.4) is 0 Å². The summed E-state index contributed by atoms with van der Waals surface area (Å²) in [6, 6.07) is 0. The van der Waals surface area contributed by atoms with E-state index in [0.717, 1.165) is 4.83 Å². The Morgan fingerprint density at radius 2 is 2.20 bits per heavy atom. The van der Waals surface area contributed by atoms with E-state index in [2.05, 4.69) is 4.98 Å². The Balaban J connectivity index is 2.63. The van der Waals surface area contributed by atoms with Gasteiger partial charge in [-0.2, -0.15) is 0 Å². The van der Waals surface area contributed by atoms with Crippen LogP contribution >= 0.6 is 11.3 Å². The summed E-state index contributed by atoms with van der Waals surface area (Å²) in [5.74, 6) is -1.06. The second kappa shape index (κ2) is 3.35. The number of primary amides is 2. The first-order chi connectivity index (χ1) is 7.09. The van der Waals surface area contributed by atoms with E-state index >= 15 is 0 Å². The van der Waals surface area contributed by atoms with Crippen molar-refractivity contribution in [2.24, 2.45) is 11.5 Å². The van der Waals surface area contributed by atoms with Gasteiger partial charge in [0.1, 0.15) is 16.0 Å². The molecule has 0 spiro atoms. The molecule has 78 valence electrons. The molecule has 0 radical (unpaired) electrons. The van der Waals surface area contributed by atoms with Gasteiger partial charge in [-0.3, -0.25) is 14.0 Å². The van der Waals surface area contributed by atoms with E-state index in [9.17, 15) is 9.59 Å². The fourth-order valence-corrected chi connectivity index (χ4v) is 2.32. The van der Waals surface area contributed by atoms with Gasteiger partial charge in [0, 0.05) is 0 Å². The minimum absolute atomic E-state index is 0.0192. The van der Waals surface area contributed by atoms with E-state index in [1.807, 2.05) is 0 Å². The van der Waals surface area contributed by atoms with Gasteiger partial charge in [-0.1, -0.05) is 0 Å². The number of thiazole rings is 1. The normalized spacial score (nSPS) is 10.7. The van der Waals surface area contributed by atoms with Crippen LogP contribution in [0, 0.1) is 0 Å². The molecule has 7 heteroatoms. The van der Waals surface area contributed by atoms with Gasteiger partial charge in [0.25, 0.3) is 5.91 Å². The Bertz CT molecular complexity index is 542. The third-order valence-electron chi connectivity index (χ3n) is 1.93. The number of aromatic nitrogens is 2. The summed E-state index contributed by atoms with van der Waals surface area (Å²) in [7, 11) is 0. The molecule has 0 aliphatic carbocycles. The van der Waals surface area contributed by atoms with Crippen molar-refractivity contribution < 1.29 is 9.59 Å². The maximum Gasteiger partial charge on any atom is 0.260 e. The Hall–Kier alpha value is -1.89. The second-order valence-electron chi connectivity index (χ2n) is 2.99. The molecule has 0 aliphatic rings. The fourth-order valence-electron chi connectivity index (χ4n) is 1.36. The van der Waals surface area contributed by atoms with Crippen LogP contribution in [0.15, 0.2) is 12.5 Å². The largest absolute Gasteiger partial charge is 0.369 e. The van der Waals surface area contributed by atoms with E-state index in [4.69, 9.17) is 11.5 Å². The second-order valence-corrected chi connectivity index (χ2v) is 4.02. The predicted octanol–water partition coefficient (Wildman–Crippen LogP) is -0.478. The molecule has 6 nitrogen and oxygen atoms in total. The first-order valence-corrected chi connectivity index (χ1v) is 4.93. The average Bonchev–Trinajstić information content (AvgIpc) is 2.66. The molecular weight excluding hydrogens is 216 g/mol. The SMILES string of the molecule is NC(=O)Cc1c(C(N)=O)sc2cncn12. The van der Waals surface area contributed by atoms with Crippen molar-refractivity contribution in [3.05, 3.63) is 23.1 Å². The molecule has 15 heavy (non-hydrogen) atoms. The van der Waals surface area contributed by atoms with Crippen molar-refractivity contribution in [2.75, 3.05) is 0 Å². The van der Waals surface area contributed by atoms with Gasteiger partial charge in [-0.15, -0.1) is 11.3 Å². The molecule has 0 unspecified atom stereocenters. The maximum absolute atomic E-state index is 11.1. The van der Waals surface area contributed by atoms with Gasteiger partial charge in [0.05, 0.1) is 18.3 Å². The van der Waals surface area contributed by atoms with Crippen molar-refractivity contribution in [1.82, 2.24) is 9.38 Å². The smallest absolute Gasteiger partial charge is 0.260 e. The quantitative estimate of drug-likeness (QED) is 0.735. The molecular formula is C8H8N4O2S. The van der Waals surface area contributed by atoms with Crippen LogP contribution in [-0.2, 0) is 11.2 Å². The lowest BCUT2D eigenvalue weighted by molar-refractivity contribution is -0.117. The first-order valence-electron chi connectivity index (χ1n) is 4.11. The molecule has 2 aromatic rings. The Labute approximate surface area is 88.5 Å². The number of carbonyl (C=O) groups is 2. The van der Waals surface area contributed by atoms with Crippen molar-refractivity contribution in [3.63, 3.8) is 0 Å². The van der Waals surface area contributed by atoms with Gasteiger partial charge in [-0.05, 0) is 0 Å². The third kappa shape index (κ3) is 1.57. The number of nitrogens with zero attached hydrogens (tertiary/aromatic N) is 2. The molecule has 2 aromatic heterocycles. The molecule has 2 amide bonds. The Morgan fingerprint density at radius 3 is 2.80 bits per heavy atom. The molecule has 0 fully saturated rings. The zero-order chi connectivity index (χ0) is 11.0. The summed E-state index contributed by atoms with van der Waals surface area (Å²) < 4.78 is 1.65. The number of amides is 2. The number of rotatable bonds is 3. The van der Waals surface area contributed by atoms with Gasteiger partial charge >= 0.3 is 0 Å². The average molecular weight is 224 g/mol. The predicted molar refractivity (Wildman–Crippen MR) is 54.5 cm³/mol. The first kappa shape index (κ1) is 9.66. The van der Waals surface area contributed by atoms with Crippen LogP contribution in [0.5, 0.6) is 0 Å². The standard InChI is InChI=1S/C8H8N4O2S/c9-5(13)1-4-7(8(10)14)15-6-2-11-3-12(4)6/h2-3H,1H2,(H2,9,13)(H2,10,14). The molecule has 2 heterocycles. The number of nitrogens with two attached hydrogens (primary N) is 2. The van der Waals surface area contributed by atoms with Crippen molar-refractivity contribution >= 4 is 28.0 Å². The highest BCUT2D eigenvalue weighted by molar-refractivity contribution is 7.19. The Kier molecular flexibility index (Phi) is 2.16. The number of imidazole rings is 1. The van der Waals surface area contributed by atoms with Crippen LogP contribution in [0.4, 0.5) is 0 Å². The summed E-state index contributed by atoms with van der Waals surface area (Å²) in [5.41, 5.74) is 10.8. The monoisotopic (exact) mass is 224 g/mol. The Morgan fingerprint density at radius 1 is 1.47 bits per heavy atom. The van der Waals surface area contributed by atoms with Gasteiger partial charge in [0.2, 0.25) is 5.91 Å². The molecule has 2 rings (SSSR count). The topological polar surface area (TPSA) is 103 Å². The molecule has 0 saturated carbocycles. The lowest BCUT2D eigenvalue weighted by Crippen LogP contribution is -2.19. The third-order valence-corrected chi connectivity index (χ3v) is 3.08. The minimum atomic E-state index is -0.556. The summed E-state index contributed by atoms with van der Waals surface area (Å²) in [5, 5.41) is 0. The molecule has 4 N–H and O–H groups in total. The molecule has 0 saturated heterocycles. The summed E-state index contributed by atoms with van der Waals surface area (Å²) in [6.07, 6.45) is 3.10. The maximum atomic E-state index is 11.1. The zero-order valence-electron chi connectivity index (χ0n) is 7.64. The van der Waals surface area contributed by atoms with Gasteiger partial charge < -0.3 is 11.5 Å². The fraction of sp³-hybridized carbons (Fsp3) is 0.125. The van der Waals surface area contributed by atoms with E-state index in [-0.39, 0.29) is 6.42 Å². The van der Waals surface area contributed by atoms with Gasteiger partial charge in [0.15, 0.2) is 0 Å². The van der Waals surface area contributed by atoms with E-state index in [0.29, 0.717) is 10.6 Å². The summed E-state index contributed by atoms with van der Waals surface area (Å²) >= 11 is 1.20. The van der Waals surface area contributed by atoms with E-state index in [1.165, 1.54) is 17.7 Å². The number of fused-ring (bicyclic) bond motifs is 1. The van der Waals surface area contributed by atoms with E-state index < -0.39 is 11.8 Å². The van der Waals surface area contributed by atoms with Crippen LogP contribution < -0.4 is 11.5 Å². The molecule has 0 aliphatic heterocycles. The van der Waals surface area contributed by atoms with Gasteiger partial charge in [-0.25, -0.2) is 4.98 Å². The lowest BCUT2D eigenvalue weighted by Gasteiger charge is -1.97. The molecule has 0 bridgehead atoms. The zero-order valence-corrected chi connectivity index (χ0v) is 8.45. The van der Waals surface area contributed by atoms with Crippen molar-refractivity contribution in [3.8, 4) is 0 Å². The van der Waals surface area contributed by atoms with Crippen molar-refractivity contribution in [1.29, 1.82) is 0 Å². The van der Waals surface area contributed by atoms with Crippen LogP contribution in [0.2, 0.25) is 0 Å². The summed E-state index contributed by atoms with van der Waals surface area (Å²) in [6.45, 7) is 0. The number of hydrogen-bond acceptors (Lipinski definition) is 4. The van der Waals surface area contributed by atoms with Crippen LogP contribution in [0.1, 0.15) is 15.4 Å². The summed E-state index contributed by atoms with van der Waals surface area (Å²) in [4.78, 5) is 27.0. The van der Waals surface area contributed by atoms with Crippen LogP contribution in [0.25, 0.3) is 4.83 Å². The minimum Gasteiger partial charge on any atom is -0.369 e. The highest BCUT2D eigenvalue weighted by atomic mass is 32.1. The van der Waals surface area contributed by atoms with Crippen molar-refractivity contribution in [2.45, 2.75) is 6.42 Å². The lowest BCUT2D eigenvalue weighted by atomic mass is 10.2.